The van der Waals surface area contributed by atoms with Gasteiger partial charge >= 0.3 is 0 Å². The average Bonchev–Trinajstić information content (AvgIpc) is 3.04. The summed E-state index contributed by atoms with van der Waals surface area (Å²) in [4.78, 5) is 0. The van der Waals surface area contributed by atoms with Gasteiger partial charge in [0.25, 0.3) is 0 Å². The third-order valence-electron chi connectivity index (χ3n) is 4.18. The molecule has 2 aromatic carbocycles. The van der Waals surface area contributed by atoms with Crippen molar-refractivity contribution in [2.45, 2.75) is 30.8 Å². The van der Waals surface area contributed by atoms with Crippen LogP contribution < -0.4 is 0 Å². The molecule has 1 aromatic heterocycles. The molecule has 0 unspecified atom stereocenters. The van der Waals surface area contributed by atoms with Crippen LogP contribution in [0.2, 0.25) is 5.02 Å². The van der Waals surface area contributed by atoms with Crippen molar-refractivity contribution in [3.63, 3.8) is 0 Å². The van der Waals surface area contributed by atoms with Crippen LogP contribution in [0.15, 0.2) is 53.7 Å². The van der Waals surface area contributed by atoms with Gasteiger partial charge in [-0.2, -0.15) is 0 Å². The summed E-state index contributed by atoms with van der Waals surface area (Å²) < 4.78 is 7.35. The number of hydrogen-bond donors (Lipinski definition) is 0. The van der Waals surface area contributed by atoms with E-state index in [1.54, 1.807) is 18.9 Å². The maximum atomic E-state index is 6.38. The number of rotatable bonds is 8. The predicted octanol–water partition coefficient (Wildman–Crippen LogP) is 5.24. The number of halogens is 1. The van der Waals surface area contributed by atoms with Crippen molar-refractivity contribution < 1.29 is 4.74 Å². The van der Waals surface area contributed by atoms with Crippen molar-refractivity contribution in [2.75, 3.05) is 13.7 Å². The van der Waals surface area contributed by atoms with Gasteiger partial charge in [-0.3, -0.25) is 0 Å². The molecule has 0 aliphatic rings. The zero-order valence-corrected chi connectivity index (χ0v) is 16.6. The molecule has 0 spiro atoms. The lowest BCUT2D eigenvalue weighted by Gasteiger charge is -2.11. The smallest absolute Gasteiger partial charge is 0.191 e. The summed E-state index contributed by atoms with van der Waals surface area (Å²) in [7, 11) is 1.72. The van der Waals surface area contributed by atoms with Gasteiger partial charge in [0.15, 0.2) is 11.0 Å². The summed E-state index contributed by atoms with van der Waals surface area (Å²) in [6, 6.07) is 16.2. The van der Waals surface area contributed by atoms with E-state index in [2.05, 4.69) is 46.0 Å². The molecule has 6 heteroatoms. The Morgan fingerprint density at radius 2 is 1.85 bits per heavy atom. The Labute approximate surface area is 163 Å². The molecule has 0 amide bonds. The monoisotopic (exact) mass is 387 g/mol. The number of hydrogen-bond acceptors (Lipinski definition) is 4. The minimum atomic E-state index is 0.684. The van der Waals surface area contributed by atoms with Crippen LogP contribution in [-0.2, 0) is 17.0 Å². The zero-order valence-electron chi connectivity index (χ0n) is 15.0. The zero-order chi connectivity index (χ0) is 18.4. The Morgan fingerprint density at radius 3 is 2.62 bits per heavy atom. The van der Waals surface area contributed by atoms with Crippen molar-refractivity contribution in [2.24, 2.45) is 0 Å². The first-order valence-electron chi connectivity index (χ1n) is 8.55. The average molecular weight is 388 g/mol. The Bertz CT molecular complexity index is 866. The van der Waals surface area contributed by atoms with E-state index in [0.717, 1.165) is 35.3 Å². The molecule has 0 aliphatic carbocycles. The fraction of sp³-hybridized carbons (Fsp3) is 0.300. The van der Waals surface area contributed by atoms with Crippen molar-refractivity contribution in [3.05, 3.63) is 64.7 Å². The van der Waals surface area contributed by atoms with Crippen LogP contribution in [0.1, 0.15) is 17.5 Å². The lowest BCUT2D eigenvalue weighted by Crippen LogP contribution is -2.05. The normalized spacial score (nSPS) is 11.0. The van der Waals surface area contributed by atoms with E-state index >= 15 is 0 Å². The van der Waals surface area contributed by atoms with Gasteiger partial charge in [0.05, 0.1) is 5.02 Å². The van der Waals surface area contributed by atoms with Gasteiger partial charge in [-0.1, -0.05) is 59.8 Å². The van der Waals surface area contributed by atoms with Gasteiger partial charge in [0.1, 0.15) is 0 Å². The molecule has 4 nitrogen and oxygen atoms in total. The third kappa shape index (κ3) is 4.47. The largest absolute Gasteiger partial charge is 0.385 e. The first-order valence-corrected chi connectivity index (χ1v) is 9.91. The number of thioether (sulfide) groups is 1. The standard InChI is InChI=1S/C20H22ClN3OS/c1-15-8-3-4-9-16(15)14-26-20-23-22-19(24(20)12-7-13-25-2)17-10-5-6-11-18(17)21/h3-6,8-11H,7,12-14H2,1-2H3. The minimum Gasteiger partial charge on any atom is -0.385 e. The molecular formula is C20H22ClN3OS. The number of nitrogens with zero attached hydrogens (tertiary/aromatic N) is 3. The maximum Gasteiger partial charge on any atom is 0.191 e. The molecule has 0 N–H and O–H groups in total. The van der Waals surface area contributed by atoms with E-state index in [4.69, 9.17) is 16.3 Å². The maximum absolute atomic E-state index is 6.38. The SMILES string of the molecule is COCCCn1c(SCc2ccccc2C)nnc1-c1ccccc1Cl. The van der Waals surface area contributed by atoms with Gasteiger partial charge in [-0.05, 0) is 36.6 Å². The Kier molecular flexibility index (Phi) is 6.72. The highest BCUT2D eigenvalue weighted by atomic mass is 35.5. The van der Waals surface area contributed by atoms with E-state index < -0.39 is 0 Å². The molecule has 0 atom stereocenters. The van der Waals surface area contributed by atoms with E-state index in [9.17, 15) is 0 Å². The second-order valence-electron chi connectivity index (χ2n) is 6.00. The van der Waals surface area contributed by atoms with Crippen LogP contribution in [0.25, 0.3) is 11.4 Å². The van der Waals surface area contributed by atoms with Crippen molar-refractivity contribution in [1.29, 1.82) is 0 Å². The number of ether oxygens (including phenoxy) is 1. The fourth-order valence-corrected chi connectivity index (χ4v) is 3.98. The highest BCUT2D eigenvalue weighted by Gasteiger charge is 2.16. The molecule has 3 aromatic rings. The molecule has 136 valence electrons. The number of aromatic nitrogens is 3. The first-order chi connectivity index (χ1) is 12.7. The molecule has 0 radical (unpaired) electrons. The first kappa shape index (κ1) is 19.0. The van der Waals surface area contributed by atoms with Crippen LogP contribution >= 0.6 is 23.4 Å². The minimum absolute atomic E-state index is 0.684. The van der Waals surface area contributed by atoms with Gasteiger partial charge in [0.2, 0.25) is 0 Å². The lowest BCUT2D eigenvalue weighted by molar-refractivity contribution is 0.189. The summed E-state index contributed by atoms with van der Waals surface area (Å²) in [6.45, 7) is 3.62. The van der Waals surface area contributed by atoms with Gasteiger partial charge < -0.3 is 9.30 Å². The summed E-state index contributed by atoms with van der Waals surface area (Å²) >= 11 is 8.08. The van der Waals surface area contributed by atoms with E-state index in [1.165, 1.54) is 11.1 Å². The van der Waals surface area contributed by atoms with Crippen LogP contribution in [0.3, 0.4) is 0 Å². The molecule has 1 heterocycles. The number of aryl methyl sites for hydroxylation is 1. The van der Waals surface area contributed by atoms with Crippen LogP contribution in [0.5, 0.6) is 0 Å². The molecule has 0 aliphatic heterocycles. The topological polar surface area (TPSA) is 39.9 Å². The van der Waals surface area contributed by atoms with E-state index in [0.29, 0.717) is 11.6 Å². The fourth-order valence-electron chi connectivity index (χ4n) is 2.72. The molecular weight excluding hydrogens is 366 g/mol. The molecule has 0 saturated carbocycles. The third-order valence-corrected chi connectivity index (χ3v) is 5.52. The lowest BCUT2D eigenvalue weighted by atomic mass is 10.1. The highest BCUT2D eigenvalue weighted by Crippen LogP contribution is 2.31. The summed E-state index contributed by atoms with van der Waals surface area (Å²) in [5, 5.41) is 10.4. The van der Waals surface area contributed by atoms with Gasteiger partial charge in [0, 0.05) is 31.6 Å². The Morgan fingerprint density at radius 1 is 1.08 bits per heavy atom. The van der Waals surface area contributed by atoms with Gasteiger partial charge in [-0.25, -0.2) is 0 Å². The molecule has 26 heavy (non-hydrogen) atoms. The summed E-state index contributed by atoms with van der Waals surface area (Å²) in [5.41, 5.74) is 3.50. The quantitative estimate of drug-likeness (QED) is 0.391. The van der Waals surface area contributed by atoms with Crippen molar-refractivity contribution in [1.82, 2.24) is 14.8 Å². The predicted molar refractivity (Wildman–Crippen MR) is 108 cm³/mol. The van der Waals surface area contributed by atoms with Crippen molar-refractivity contribution >= 4 is 23.4 Å². The Balaban J connectivity index is 1.87. The van der Waals surface area contributed by atoms with E-state index in [-0.39, 0.29) is 0 Å². The number of benzene rings is 2. The van der Waals surface area contributed by atoms with E-state index in [1.807, 2.05) is 24.3 Å². The van der Waals surface area contributed by atoms with Crippen LogP contribution in [-0.4, -0.2) is 28.5 Å². The molecule has 0 bridgehead atoms. The highest BCUT2D eigenvalue weighted by molar-refractivity contribution is 7.98. The van der Waals surface area contributed by atoms with Gasteiger partial charge in [-0.15, -0.1) is 10.2 Å². The molecule has 0 fully saturated rings. The Hall–Kier alpha value is -1.82. The summed E-state index contributed by atoms with van der Waals surface area (Å²) in [6.07, 6.45) is 0.893. The number of methoxy groups -OCH3 is 1. The second-order valence-corrected chi connectivity index (χ2v) is 7.35. The van der Waals surface area contributed by atoms with Crippen molar-refractivity contribution in [3.8, 4) is 11.4 Å². The van der Waals surface area contributed by atoms with Crippen LogP contribution in [0, 0.1) is 6.92 Å². The summed E-state index contributed by atoms with van der Waals surface area (Å²) in [5.74, 6) is 1.66. The second kappa shape index (κ2) is 9.21. The molecule has 3 rings (SSSR count). The van der Waals surface area contributed by atoms with Crippen LogP contribution in [0.4, 0.5) is 0 Å². The molecule has 0 saturated heterocycles.